The number of hydrogen-bond donors (Lipinski definition) is 2. The predicted molar refractivity (Wildman–Crippen MR) is 74.2 cm³/mol. The van der Waals surface area contributed by atoms with Crippen LogP contribution in [-0.4, -0.2) is 41.6 Å². The largest absolute Gasteiger partial charge is 0.481 e. The lowest BCUT2D eigenvalue weighted by Gasteiger charge is -2.24. The van der Waals surface area contributed by atoms with Crippen molar-refractivity contribution in [3.8, 4) is 0 Å². The molecule has 0 aromatic carbocycles. The van der Waals surface area contributed by atoms with Crippen molar-refractivity contribution in [1.29, 1.82) is 0 Å². The molecule has 5 unspecified atom stereocenters. The van der Waals surface area contributed by atoms with E-state index < -0.39 is 11.9 Å². The van der Waals surface area contributed by atoms with Crippen molar-refractivity contribution < 1.29 is 14.7 Å². The maximum absolute atomic E-state index is 12.1. The van der Waals surface area contributed by atoms with Gasteiger partial charge in [-0.3, -0.25) is 4.79 Å². The van der Waals surface area contributed by atoms with Crippen LogP contribution in [-0.2, 0) is 4.79 Å². The van der Waals surface area contributed by atoms with Gasteiger partial charge in [-0.05, 0) is 42.9 Å². The Morgan fingerprint density at radius 3 is 2.60 bits per heavy atom. The molecule has 1 saturated heterocycles. The second kappa shape index (κ2) is 5.26. The van der Waals surface area contributed by atoms with Gasteiger partial charge in [0.15, 0.2) is 0 Å². The molecule has 5 nitrogen and oxygen atoms in total. The van der Waals surface area contributed by atoms with E-state index in [2.05, 4.69) is 5.32 Å². The van der Waals surface area contributed by atoms with E-state index in [4.69, 9.17) is 5.11 Å². The van der Waals surface area contributed by atoms with Crippen LogP contribution in [0.4, 0.5) is 4.79 Å². The van der Waals surface area contributed by atoms with E-state index in [0.29, 0.717) is 19.0 Å². The molecule has 2 amide bonds. The lowest BCUT2D eigenvalue weighted by molar-refractivity contribution is -0.142. The zero-order valence-electron chi connectivity index (χ0n) is 12.0. The number of amides is 2. The van der Waals surface area contributed by atoms with Crippen LogP contribution in [0.3, 0.4) is 0 Å². The zero-order chi connectivity index (χ0) is 14.3. The monoisotopic (exact) mass is 280 g/mol. The van der Waals surface area contributed by atoms with Crippen LogP contribution in [0.5, 0.6) is 0 Å². The Labute approximate surface area is 119 Å². The summed E-state index contributed by atoms with van der Waals surface area (Å²) < 4.78 is 0. The number of fused-ring (bicyclic) bond motifs is 2. The smallest absolute Gasteiger partial charge is 0.317 e. The van der Waals surface area contributed by atoms with Crippen LogP contribution in [0.25, 0.3) is 0 Å². The van der Waals surface area contributed by atoms with Crippen LogP contribution in [0.2, 0.25) is 0 Å². The minimum atomic E-state index is -0.791. The number of hydrogen-bond acceptors (Lipinski definition) is 2. The Balaban J connectivity index is 1.47. The molecule has 2 bridgehead atoms. The number of nitrogens with one attached hydrogen (secondary N) is 1. The minimum Gasteiger partial charge on any atom is -0.481 e. The first-order chi connectivity index (χ1) is 9.54. The summed E-state index contributed by atoms with van der Waals surface area (Å²) in [6.07, 6.45) is 5.31. The highest BCUT2D eigenvalue weighted by atomic mass is 16.4. The van der Waals surface area contributed by atoms with Gasteiger partial charge >= 0.3 is 12.0 Å². The SMILES string of the molecule is CC1CN(C(=O)NCC2CC3CCC2C3)CC1C(=O)O. The molecule has 5 atom stereocenters. The Morgan fingerprint density at radius 2 is 2.05 bits per heavy atom. The van der Waals surface area contributed by atoms with Crippen LogP contribution in [0.15, 0.2) is 0 Å². The van der Waals surface area contributed by atoms with Gasteiger partial charge < -0.3 is 15.3 Å². The summed E-state index contributed by atoms with van der Waals surface area (Å²) in [6.45, 7) is 3.57. The zero-order valence-corrected chi connectivity index (χ0v) is 12.0. The molecule has 112 valence electrons. The molecule has 3 fully saturated rings. The number of carboxylic acid groups (broad SMARTS) is 1. The first-order valence-corrected chi connectivity index (χ1v) is 7.80. The molecular formula is C15H24N2O3. The average molecular weight is 280 g/mol. The minimum absolute atomic E-state index is 0.0424. The van der Waals surface area contributed by atoms with Crippen LogP contribution >= 0.6 is 0 Å². The summed E-state index contributed by atoms with van der Waals surface area (Å²) in [7, 11) is 0. The van der Waals surface area contributed by atoms with E-state index in [1.807, 2.05) is 6.92 Å². The van der Waals surface area contributed by atoms with Crippen molar-refractivity contribution in [2.24, 2.45) is 29.6 Å². The first kappa shape index (κ1) is 13.7. The summed E-state index contributed by atoms with van der Waals surface area (Å²) in [4.78, 5) is 24.9. The predicted octanol–water partition coefficient (Wildman–Crippen LogP) is 1.78. The summed E-state index contributed by atoms with van der Waals surface area (Å²) in [5.74, 6) is 1.19. The second-order valence-electron chi connectivity index (χ2n) is 6.95. The molecule has 1 aliphatic heterocycles. The third-order valence-corrected chi connectivity index (χ3v) is 5.62. The standard InChI is InChI=1S/C15H24N2O3/c1-9-7-17(8-13(9)14(18)19)15(20)16-6-12-5-10-2-3-11(12)4-10/h9-13H,2-8H2,1H3,(H,16,20)(H,18,19). The molecule has 3 aliphatic rings. The summed E-state index contributed by atoms with van der Waals surface area (Å²) in [5, 5.41) is 12.1. The lowest BCUT2D eigenvalue weighted by Crippen LogP contribution is -2.41. The fourth-order valence-corrected chi connectivity index (χ4v) is 4.41. The Morgan fingerprint density at radius 1 is 1.25 bits per heavy atom. The average Bonchev–Trinajstić information content (AvgIpc) is 3.09. The molecule has 0 aromatic heterocycles. The molecule has 2 aliphatic carbocycles. The third-order valence-electron chi connectivity index (χ3n) is 5.62. The number of carbonyl (C=O) groups is 2. The van der Waals surface area contributed by atoms with Crippen LogP contribution in [0, 0.1) is 29.6 Å². The van der Waals surface area contributed by atoms with Crippen LogP contribution in [0.1, 0.15) is 32.6 Å². The van der Waals surface area contributed by atoms with Crippen LogP contribution < -0.4 is 5.32 Å². The van der Waals surface area contributed by atoms with Crippen molar-refractivity contribution in [3.05, 3.63) is 0 Å². The Kier molecular flexibility index (Phi) is 3.61. The van der Waals surface area contributed by atoms with Gasteiger partial charge in [-0.25, -0.2) is 4.79 Å². The molecule has 20 heavy (non-hydrogen) atoms. The van der Waals surface area contributed by atoms with Gasteiger partial charge in [0.1, 0.15) is 0 Å². The topological polar surface area (TPSA) is 69.6 Å². The molecule has 2 saturated carbocycles. The number of nitrogens with zero attached hydrogens (tertiary/aromatic N) is 1. The van der Waals surface area contributed by atoms with E-state index in [1.165, 1.54) is 25.7 Å². The van der Waals surface area contributed by atoms with Gasteiger partial charge in [0.05, 0.1) is 5.92 Å². The molecule has 0 spiro atoms. The quantitative estimate of drug-likeness (QED) is 0.828. The van der Waals surface area contributed by atoms with E-state index in [9.17, 15) is 9.59 Å². The third kappa shape index (κ3) is 2.50. The number of aliphatic carboxylic acids is 1. The van der Waals surface area contributed by atoms with Crippen molar-refractivity contribution in [1.82, 2.24) is 10.2 Å². The number of rotatable bonds is 3. The fraction of sp³-hybridized carbons (Fsp3) is 0.867. The highest BCUT2D eigenvalue weighted by Crippen LogP contribution is 2.47. The lowest BCUT2D eigenvalue weighted by atomic mass is 9.89. The van der Waals surface area contributed by atoms with Gasteiger partial charge in [0.25, 0.3) is 0 Å². The molecule has 0 aromatic rings. The van der Waals surface area contributed by atoms with Gasteiger partial charge in [-0.15, -0.1) is 0 Å². The van der Waals surface area contributed by atoms with Crippen molar-refractivity contribution >= 4 is 12.0 Å². The molecule has 0 radical (unpaired) electrons. The number of carbonyl (C=O) groups excluding carboxylic acids is 1. The van der Waals surface area contributed by atoms with Gasteiger partial charge in [0, 0.05) is 19.6 Å². The molecule has 2 N–H and O–H groups in total. The molecule has 5 heteroatoms. The van der Waals surface area contributed by atoms with E-state index in [0.717, 1.165) is 18.4 Å². The second-order valence-corrected chi connectivity index (χ2v) is 6.95. The number of likely N-dealkylation sites (tertiary alicyclic amines) is 1. The van der Waals surface area contributed by atoms with Gasteiger partial charge in [0.2, 0.25) is 0 Å². The fourth-order valence-electron chi connectivity index (χ4n) is 4.41. The molecular weight excluding hydrogens is 256 g/mol. The summed E-state index contributed by atoms with van der Waals surface area (Å²) in [6, 6.07) is -0.0802. The first-order valence-electron chi connectivity index (χ1n) is 7.80. The molecule has 3 rings (SSSR count). The number of urea groups is 1. The maximum Gasteiger partial charge on any atom is 0.317 e. The Hall–Kier alpha value is -1.26. The van der Waals surface area contributed by atoms with E-state index in [-0.39, 0.29) is 11.9 Å². The van der Waals surface area contributed by atoms with Crippen molar-refractivity contribution in [2.75, 3.05) is 19.6 Å². The van der Waals surface area contributed by atoms with Crippen molar-refractivity contribution in [2.45, 2.75) is 32.6 Å². The highest BCUT2D eigenvalue weighted by molar-refractivity contribution is 5.77. The molecule has 1 heterocycles. The van der Waals surface area contributed by atoms with Gasteiger partial charge in [-0.1, -0.05) is 13.3 Å². The highest BCUT2D eigenvalue weighted by Gasteiger charge is 2.40. The number of carboxylic acids is 1. The summed E-state index contributed by atoms with van der Waals surface area (Å²) in [5.41, 5.74) is 0. The van der Waals surface area contributed by atoms with Crippen molar-refractivity contribution in [3.63, 3.8) is 0 Å². The normalized spacial score (nSPS) is 39.2. The van der Waals surface area contributed by atoms with E-state index in [1.54, 1.807) is 4.90 Å². The Bertz CT molecular complexity index is 412. The summed E-state index contributed by atoms with van der Waals surface area (Å²) >= 11 is 0. The van der Waals surface area contributed by atoms with E-state index >= 15 is 0 Å². The van der Waals surface area contributed by atoms with Gasteiger partial charge in [-0.2, -0.15) is 0 Å². The maximum atomic E-state index is 12.1.